The normalized spacial score (nSPS) is 14.0. The molecule has 0 unspecified atom stereocenters. The Bertz CT molecular complexity index is 1210. The number of pyridine rings is 2. The van der Waals surface area contributed by atoms with Crippen molar-refractivity contribution in [3.63, 3.8) is 0 Å². The van der Waals surface area contributed by atoms with E-state index in [1.165, 1.54) is 0 Å². The Hall–Kier alpha value is -3.35. The van der Waals surface area contributed by atoms with E-state index < -0.39 is 0 Å². The highest BCUT2D eigenvalue weighted by Gasteiger charge is 2.24. The van der Waals surface area contributed by atoms with Gasteiger partial charge in [-0.2, -0.15) is 5.26 Å². The molecule has 0 radical (unpaired) electrons. The minimum Gasteiger partial charge on any atom is -0.387 e. The summed E-state index contributed by atoms with van der Waals surface area (Å²) in [7, 11) is 1.88. The van der Waals surface area contributed by atoms with E-state index in [1.807, 2.05) is 42.2 Å². The lowest BCUT2D eigenvalue weighted by Gasteiger charge is -2.24. The first kappa shape index (κ1) is 16.8. The molecular formula is C19H16N8S. The third-order valence-corrected chi connectivity index (χ3v) is 5.98. The molecule has 1 fully saturated rings. The number of fused-ring (bicyclic) bond motifs is 1. The quantitative estimate of drug-likeness (QED) is 0.553. The fourth-order valence-corrected chi connectivity index (χ4v) is 4.16. The van der Waals surface area contributed by atoms with Crippen LogP contribution in [0.3, 0.4) is 0 Å². The summed E-state index contributed by atoms with van der Waals surface area (Å²) in [6, 6.07) is 7.85. The average molecular weight is 388 g/mol. The highest BCUT2D eigenvalue weighted by atomic mass is 32.1. The largest absolute Gasteiger partial charge is 0.387 e. The molecule has 0 amide bonds. The molecule has 4 aromatic rings. The Morgan fingerprint density at radius 3 is 2.89 bits per heavy atom. The summed E-state index contributed by atoms with van der Waals surface area (Å²) in [6.45, 7) is 1.93. The van der Waals surface area contributed by atoms with Gasteiger partial charge in [-0.1, -0.05) is 11.3 Å². The summed E-state index contributed by atoms with van der Waals surface area (Å²) in [6.07, 6.45) is 5.30. The predicted molar refractivity (Wildman–Crippen MR) is 108 cm³/mol. The number of nitrogens with zero attached hydrogens (tertiary/aromatic N) is 6. The van der Waals surface area contributed by atoms with Crippen LogP contribution in [0.4, 0.5) is 5.69 Å². The molecular weight excluding hydrogens is 372 g/mol. The molecule has 1 aliphatic rings. The fraction of sp³-hybridized carbons (Fsp3) is 0.211. The van der Waals surface area contributed by atoms with E-state index in [0.29, 0.717) is 11.5 Å². The highest BCUT2D eigenvalue weighted by Crippen LogP contribution is 2.34. The molecule has 4 aromatic heterocycles. The average Bonchev–Trinajstić information content (AvgIpc) is 3.33. The van der Waals surface area contributed by atoms with Gasteiger partial charge in [-0.15, -0.1) is 10.2 Å². The molecule has 0 aromatic carbocycles. The topological polar surface area (TPSA) is 104 Å². The molecule has 2 N–H and O–H groups in total. The second-order valence-electron chi connectivity index (χ2n) is 6.57. The molecule has 0 aliphatic carbocycles. The molecule has 1 aliphatic heterocycles. The Balaban J connectivity index is 1.54. The van der Waals surface area contributed by atoms with Crippen molar-refractivity contribution < 1.29 is 0 Å². The smallest absolute Gasteiger partial charge is 0.151 e. The van der Waals surface area contributed by atoms with Crippen molar-refractivity contribution in [2.45, 2.75) is 5.92 Å². The number of rotatable bonds is 4. The van der Waals surface area contributed by atoms with Crippen LogP contribution in [-0.2, 0) is 0 Å². The van der Waals surface area contributed by atoms with Crippen LogP contribution in [-0.4, -0.2) is 44.9 Å². The molecule has 0 spiro atoms. The maximum atomic E-state index is 9.05. The van der Waals surface area contributed by atoms with Crippen molar-refractivity contribution in [2.75, 3.05) is 25.5 Å². The molecule has 0 saturated carbocycles. The second-order valence-corrected chi connectivity index (χ2v) is 7.58. The first-order chi connectivity index (χ1) is 13.8. The lowest BCUT2D eigenvalue weighted by molar-refractivity contribution is 0.444. The summed E-state index contributed by atoms with van der Waals surface area (Å²) < 4.78 is 1.91. The number of nitrogens with one attached hydrogen (secondary N) is 2. The van der Waals surface area contributed by atoms with Crippen molar-refractivity contribution in [2.24, 2.45) is 0 Å². The van der Waals surface area contributed by atoms with E-state index >= 15 is 0 Å². The van der Waals surface area contributed by atoms with Crippen molar-refractivity contribution in [1.29, 1.82) is 5.26 Å². The van der Waals surface area contributed by atoms with Crippen LogP contribution >= 0.6 is 11.3 Å². The number of hydrogen-bond donors (Lipinski definition) is 2. The zero-order chi connectivity index (χ0) is 19.1. The molecule has 138 valence electrons. The summed E-state index contributed by atoms with van der Waals surface area (Å²) >= 11 is 1.62. The molecule has 1 saturated heterocycles. The minimum atomic E-state index is 0.465. The third-order valence-electron chi connectivity index (χ3n) is 4.86. The van der Waals surface area contributed by atoms with Gasteiger partial charge in [-0.3, -0.25) is 4.57 Å². The molecule has 5 heterocycles. The summed E-state index contributed by atoms with van der Waals surface area (Å²) in [4.78, 5) is 9.05. The Morgan fingerprint density at radius 1 is 1.25 bits per heavy atom. The first-order valence-corrected chi connectivity index (χ1v) is 9.68. The Morgan fingerprint density at radius 2 is 2.14 bits per heavy atom. The summed E-state index contributed by atoms with van der Waals surface area (Å²) in [5.74, 6) is 1.21. The molecule has 0 atom stereocenters. The van der Waals surface area contributed by atoms with Crippen molar-refractivity contribution in [3.8, 4) is 22.5 Å². The van der Waals surface area contributed by atoms with Gasteiger partial charge in [0.2, 0.25) is 0 Å². The molecule has 5 rings (SSSR count). The number of nitriles is 1. The predicted octanol–water partition coefficient (Wildman–Crippen LogP) is 2.54. The molecule has 28 heavy (non-hydrogen) atoms. The van der Waals surface area contributed by atoms with Crippen molar-refractivity contribution in [1.82, 2.24) is 30.0 Å². The standard InChI is InChI=1S/C19H16N8S/c1-21-15-5-16(27-3-2-12-4-11(6-20)7-24-17(12)27)23-10-14(15)19-26-25-18(28-19)13-8-22-9-13/h2-5,7,10,13,22H,8-9H2,1H3,(H,21,23). The molecule has 9 heteroatoms. The fourth-order valence-electron chi connectivity index (χ4n) is 3.19. The first-order valence-electron chi connectivity index (χ1n) is 8.86. The third kappa shape index (κ3) is 2.70. The van der Waals surface area contributed by atoms with Crippen LogP contribution in [0, 0.1) is 11.3 Å². The summed E-state index contributed by atoms with van der Waals surface area (Å²) in [5.41, 5.74) is 3.16. The lowest BCUT2D eigenvalue weighted by Crippen LogP contribution is -2.39. The number of aromatic nitrogens is 5. The van der Waals surface area contributed by atoms with Gasteiger partial charge >= 0.3 is 0 Å². The number of hydrogen-bond acceptors (Lipinski definition) is 8. The van der Waals surface area contributed by atoms with E-state index in [9.17, 15) is 0 Å². The van der Waals surface area contributed by atoms with E-state index in [2.05, 4.69) is 36.9 Å². The van der Waals surface area contributed by atoms with Crippen LogP contribution in [0.1, 0.15) is 16.5 Å². The van der Waals surface area contributed by atoms with E-state index in [-0.39, 0.29) is 0 Å². The van der Waals surface area contributed by atoms with Gasteiger partial charge in [-0.05, 0) is 12.1 Å². The van der Waals surface area contributed by atoms with E-state index in [1.54, 1.807) is 17.5 Å². The Kier molecular flexibility index (Phi) is 4.00. The van der Waals surface area contributed by atoms with Gasteiger partial charge in [0.15, 0.2) is 5.01 Å². The monoisotopic (exact) mass is 388 g/mol. The minimum absolute atomic E-state index is 0.465. The number of anilines is 1. The van der Waals surface area contributed by atoms with Gasteiger partial charge in [0.05, 0.1) is 11.1 Å². The zero-order valence-corrected chi connectivity index (χ0v) is 15.9. The maximum Gasteiger partial charge on any atom is 0.151 e. The Labute approximate surface area is 164 Å². The van der Waals surface area contributed by atoms with Gasteiger partial charge in [0, 0.05) is 61.8 Å². The van der Waals surface area contributed by atoms with Crippen molar-refractivity contribution >= 4 is 28.1 Å². The van der Waals surface area contributed by atoms with Crippen LogP contribution in [0.15, 0.2) is 36.8 Å². The second kappa shape index (κ2) is 6.67. The van der Waals surface area contributed by atoms with Gasteiger partial charge in [0.1, 0.15) is 22.5 Å². The molecule has 0 bridgehead atoms. The van der Waals surface area contributed by atoms with Crippen LogP contribution in [0.2, 0.25) is 0 Å². The van der Waals surface area contributed by atoms with Gasteiger partial charge < -0.3 is 10.6 Å². The van der Waals surface area contributed by atoms with Crippen LogP contribution < -0.4 is 10.6 Å². The van der Waals surface area contributed by atoms with E-state index in [0.717, 1.165) is 51.2 Å². The maximum absolute atomic E-state index is 9.05. The molecule has 8 nitrogen and oxygen atoms in total. The highest BCUT2D eigenvalue weighted by molar-refractivity contribution is 7.14. The van der Waals surface area contributed by atoms with Crippen LogP contribution in [0.5, 0.6) is 0 Å². The summed E-state index contributed by atoms with van der Waals surface area (Å²) in [5, 5.41) is 27.1. The van der Waals surface area contributed by atoms with Gasteiger partial charge in [-0.25, -0.2) is 9.97 Å². The van der Waals surface area contributed by atoms with E-state index in [4.69, 9.17) is 5.26 Å². The van der Waals surface area contributed by atoms with Crippen molar-refractivity contribution in [3.05, 3.63) is 47.4 Å². The zero-order valence-electron chi connectivity index (χ0n) is 15.0. The van der Waals surface area contributed by atoms with Crippen LogP contribution in [0.25, 0.3) is 27.4 Å². The SMILES string of the molecule is CNc1cc(-n2ccc3cc(C#N)cnc32)ncc1-c1nnc(C2CNC2)s1. The van der Waals surface area contributed by atoms with Gasteiger partial charge in [0.25, 0.3) is 0 Å². The lowest BCUT2D eigenvalue weighted by atomic mass is 10.1.